The van der Waals surface area contributed by atoms with Gasteiger partial charge in [-0.05, 0) is 32.0 Å². The van der Waals surface area contributed by atoms with Crippen LogP contribution in [0.4, 0.5) is 0 Å². The van der Waals surface area contributed by atoms with E-state index in [4.69, 9.17) is 10.2 Å². The summed E-state index contributed by atoms with van der Waals surface area (Å²) in [4.78, 5) is 7.24. The molecule has 0 aliphatic carbocycles. The summed E-state index contributed by atoms with van der Waals surface area (Å²) >= 11 is 0. The molecule has 21 heavy (non-hydrogen) atoms. The number of imidazole rings is 1. The molecular formula is C16H21N5. The van der Waals surface area contributed by atoms with Crippen molar-refractivity contribution < 1.29 is 0 Å². The molecule has 0 bridgehead atoms. The molecule has 1 aliphatic heterocycles. The van der Waals surface area contributed by atoms with Gasteiger partial charge in [-0.25, -0.2) is 4.98 Å². The lowest BCUT2D eigenvalue weighted by molar-refractivity contribution is 0.214. The fourth-order valence-electron chi connectivity index (χ4n) is 3.07. The van der Waals surface area contributed by atoms with Gasteiger partial charge in [-0.15, -0.1) is 0 Å². The molecule has 0 radical (unpaired) electrons. The second-order valence-corrected chi connectivity index (χ2v) is 5.52. The van der Waals surface area contributed by atoms with Crippen LogP contribution in [-0.2, 0) is 6.54 Å². The van der Waals surface area contributed by atoms with E-state index in [0.29, 0.717) is 6.54 Å². The second kappa shape index (κ2) is 6.25. The number of nitrogens with one attached hydrogen (secondary N) is 1. The van der Waals surface area contributed by atoms with Crippen molar-refractivity contribution in [3.8, 4) is 6.07 Å². The Hall–Kier alpha value is -1.90. The Morgan fingerprint density at radius 1 is 1.33 bits per heavy atom. The van der Waals surface area contributed by atoms with Crippen LogP contribution in [0.3, 0.4) is 0 Å². The number of rotatable bonds is 3. The zero-order valence-electron chi connectivity index (χ0n) is 12.4. The van der Waals surface area contributed by atoms with Crippen LogP contribution in [0.15, 0.2) is 24.3 Å². The molecule has 1 aliphatic rings. The van der Waals surface area contributed by atoms with Crippen molar-refractivity contribution in [2.24, 2.45) is 0 Å². The second-order valence-electron chi connectivity index (χ2n) is 5.52. The van der Waals surface area contributed by atoms with Gasteiger partial charge in [-0.3, -0.25) is 4.90 Å². The van der Waals surface area contributed by atoms with E-state index >= 15 is 0 Å². The van der Waals surface area contributed by atoms with Gasteiger partial charge in [0, 0.05) is 19.6 Å². The molecule has 2 aromatic rings. The first-order valence-electron chi connectivity index (χ1n) is 7.58. The highest BCUT2D eigenvalue weighted by Crippen LogP contribution is 2.25. The summed E-state index contributed by atoms with van der Waals surface area (Å²) in [6.45, 7) is 6.74. The molecule has 1 fully saturated rings. The van der Waals surface area contributed by atoms with Gasteiger partial charge in [0.1, 0.15) is 12.4 Å². The predicted octanol–water partition coefficient (Wildman–Crippen LogP) is 1.92. The average Bonchev–Trinajstić information content (AvgIpc) is 2.70. The first kappa shape index (κ1) is 14.1. The zero-order chi connectivity index (χ0) is 14.7. The Bertz CT molecular complexity index is 646. The average molecular weight is 283 g/mol. The third-order valence-electron chi connectivity index (χ3n) is 4.21. The third-order valence-corrected chi connectivity index (χ3v) is 4.21. The van der Waals surface area contributed by atoms with Gasteiger partial charge >= 0.3 is 0 Å². The normalized spacial score (nSPS) is 18.3. The van der Waals surface area contributed by atoms with Crippen molar-refractivity contribution in [2.45, 2.75) is 25.9 Å². The summed E-state index contributed by atoms with van der Waals surface area (Å²) in [7, 11) is 0. The largest absolute Gasteiger partial charge is 0.315 e. The summed E-state index contributed by atoms with van der Waals surface area (Å²) in [6.07, 6.45) is 1.16. The highest BCUT2D eigenvalue weighted by atomic mass is 15.2. The number of benzene rings is 1. The Kier molecular flexibility index (Phi) is 4.18. The lowest BCUT2D eigenvalue weighted by atomic mass is 10.2. The van der Waals surface area contributed by atoms with Crippen molar-refractivity contribution in [1.82, 2.24) is 19.8 Å². The van der Waals surface area contributed by atoms with Crippen molar-refractivity contribution in [3.05, 3.63) is 30.1 Å². The molecule has 3 rings (SSSR count). The van der Waals surface area contributed by atoms with E-state index in [1.165, 1.54) is 0 Å². The van der Waals surface area contributed by atoms with E-state index in [9.17, 15) is 0 Å². The molecule has 5 heteroatoms. The van der Waals surface area contributed by atoms with Crippen LogP contribution in [0.1, 0.15) is 25.2 Å². The molecule has 1 unspecified atom stereocenters. The number of fused-ring (bicyclic) bond motifs is 1. The SMILES string of the molecule is CC(c1nc2ccccc2n1CC#N)N1CCCNCC1. The fraction of sp³-hybridized carbons (Fsp3) is 0.500. The minimum atomic E-state index is 0.227. The van der Waals surface area contributed by atoms with E-state index in [1.54, 1.807) is 0 Å². The lowest BCUT2D eigenvalue weighted by Gasteiger charge is -2.27. The van der Waals surface area contributed by atoms with Gasteiger partial charge in [0.2, 0.25) is 0 Å². The molecule has 1 saturated heterocycles. The number of hydrogen-bond donors (Lipinski definition) is 1. The molecule has 1 aromatic heterocycles. The molecule has 1 atom stereocenters. The first-order chi connectivity index (χ1) is 10.3. The van der Waals surface area contributed by atoms with Crippen molar-refractivity contribution in [2.75, 3.05) is 26.2 Å². The predicted molar refractivity (Wildman–Crippen MR) is 82.8 cm³/mol. The minimum Gasteiger partial charge on any atom is -0.315 e. The summed E-state index contributed by atoms with van der Waals surface area (Å²) < 4.78 is 2.05. The molecule has 110 valence electrons. The molecular weight excluding hydrogens is 262 g/mol. The van der Waals surface area contributed by atoms with Crippen LogP contribution in [0.5, 0.6) is 0 Å². The third kappa shape index (κ3) is 2.78. The summed E-state index contributed by atoms with van der Waals surface area (Å²) in [5, 5.41) is 12.6. The van der Waals surface area contributed by atoms with E-state index < -0.39 is 0 Å². The number of para-hydroxylation sites is 2. The van der Waals surface area contributed by atoms with Gasteiger partial charge in [0.05, 0.1) is 23.1 Å². The topological polar surface area (TPSA) is 56.9 Å². The van der Waals surface area contributed by atoms with E-state index in [-0.39, 0.29) is 6.04 Å². The van der Waals surface area contributed by atoms with Gasteiger partial charge in [0.25, 0.3) is 0 Å². The van der Waals surface area contributed by atoms with Gasteiger partial charge in [-0.2, -0.15) is 5.26 Å². The van der Waals surface area contributed by atoms with Crippen molar-refractivity contribution >= 4 is 11.0 Å². The van der Waals surface area contributed by atoms with Crippen molar-refractivity contribution in [1.29, 1.82) is 5.26 Å². The number of nitrogens with zero attached hydrogens (tertiary/aromatic N) is 4. The van der Waals surface area contributed by atoms with Crippen molar-refractivity contribution in [3.63, 3.8) is 0 Å². The van der Waals surface area contributed by atoms with E-state index in [0.717, 1.165) is 49.5 Å². The highest BCUT2D eigenvalue weighted by molar-refractivity contribution is 5.76. The summed E-state index contributed by atoms with van der Waals surface area (Å²) in [6, 6.07) is 10.5. The van der Waals surface area contributed by atoms with E-state index in [1.807, 2.05) is 24.3 Å². The molecule has 2 heterocycles. The Morgan fingerprint density at radius 2 is 2.19 bits per heavy atom. The molecule has 0 spiro atoms. The number of aromatic nitrogens is 2. The molecule has 1 N–H and O–H groups in total. The smallest absolute Gasteiger partial charge is 0.127 e. The van der Waals surface area contributed by atoms with Gasteiger partial charge < -0.3 is 9.88 Å². The highest BCUT2D eigenvalue weighted by Gasteiger charge is 2.22. The first-order valence-corrected chi connectivity index (χ1v) is 7.58. The number of nitriles is 1. The number of hydrogen-bond acceptors (Lipinski definition) is 4. The molecule has 0 saturated carbocycles. The van der Waals surface area contributed by atoms with Crippen LogP contribution < -0.4 is 5.32 Å². The molecule has 5 nitrogen and oxygen atoms in total. The minimum absolute atomic E-state index is 0.227. The maximum atomic E-state index is 9.14. The van der Waals surface area contributed by atoms with Crippen LogP contribution >= 0.6 is 0 Å². The monoisotopic (exact) mass is 283 g/mol. The quantitative estimate of drug-likeness (QED) is 0.935. The molecule has 0 amide bonds. The van der Waals surface area contributed by atoms with Crippen LogP contribution in [0, 0.1) is 11.3 Å². The zero-order valence-corrected chi connectivity index (χ0v) is 12.4. The van der Waals surface area contributed by atoms with Gasteiger partial charge in [-0.1, -0.05) is 12.1 Å². The van der Waals surface area contributed by atoms with E-state index in [2.05, 4.69) is 27.8 Å². The molecule has 1 aromatic carbocycles. The van der Waals surface area contributed by atoms with Crippen LogP contribution in [-0.4, -0.2) is 40.6 Å². The maximum Gasteiger partial charge on any atom is 0.127 e. The maximum absolute atomic E-state index is 9.14. The Labute approximate surface area is 125 Å². The Morgan fingerprint density at radius 3 is 3.05 bits per heavy atom. The summed E-state index contributed by atoms with van der Waals surface area (Å²) in [5.74, 6) is 1.000. The summed E-state index contributed by atoms with van der Waals surface area (Å²) in [5.41, 5.74) is 2.02. The fourth-order valence-corrected chi connectivity index (χ4v) is 3.07. The Balaban J connectivity index is 1.98. The van der Waals surface area contributed by atoms with Crippen LogP contribution in [0.25, 0.3) is 11.0 Å². The van der Waals surface area contributed by atoms with Gasteiger partial charge in [0.15, 0.2) is 0 Å². The lowest BCUT2D eigenvalue weighted by Crippen LogP contribution is -2.32. The van der Waals surface area contributed by atoms with Crippen LogP contribution in [0.2, 0.25) is 0 Å². The standard InChI is InChI=1S/C16H21N5/c1-13(20-10-4-8-18-9-12-20)16-19-14-5-2-3-6-15(14)21(16)11-7-17/h2-3,5-6,13,18H,4,8-12H2,1H3.